The number of hydrogen-bond donors (Lipinski definition) is 2. The molecule has 0 spiro atoms. The Bertz CT molecular complexity index is 428. The summed E-state index contributed by atoms with van der Waals surface area (Å²) < 4.78 is 18.6. The number of aliphatic hydroxyl groups is 1. The number of nitrogens with zero attached hydrogens (tertiary/aromatic N) is 1. The predicted molar refractivity (Wildman–Crippen MR) is 83.7 cm³/mol. The van der Waals surface area contributed by atoms with Gasteiger partial charge in [0.15, 0.2) is 11.6 Å². The molecule has 0 aromatic heterocycles. The van der Waals surface area contributed by atoms with Gasteiger partial charge in [-0.3, -0.25) is 4.90 Å². The first-order valence-corrected chi connectivity index (χ1v) is 7.15. The molecule has 0 saturated carbocycles. The number of halogens is 2. The van der Waals surface area contributed by atoms with Crippen molar-refractivity contribution in [2.75, 3.05) is 39.9 Å². The second-order valence-corrected chi connectivity index (χ2v) is 5.06. The highest BCUT2D eigenvalue weighted by molar-refractivity contribution is 5.85. The molecular formula is C15H24ClFN2O2. The zero-order valence-electron chi connectivity index (χ0n) is 12.3. The van der Waals surface area contributed by atoms with Gasteiger partial charge in [0.05, 0.1) is 7.11 Å². The highest BCUT2D eigenvalue weighted by atomic mass is 35.5. The lowest BCUT2D eigenvalue weighted by Crippen LogP contribution is -2.45. The topological polar surface area (TPSA) is 44.7 Å². The summed E-state index contributed by atoms with van der Waals surface area (Å²) in [4.78, 5) is 2.39. The van der Waals surface area contributed by atoms with Crippen LogP contribution in [0.3, 0.4) is 0 Å². The molecule has 6 heteroatoms. The molecule has 1 saturated heterocycles. The Morgan fingerprint density at radius 1 is 1.38 bits per heavy atom. The van der Waals surface area contributed by atoms with Crippen LogP contribution in [0.25, 0.3) is 0 Å². The molecule has 1 fully saturated rings. The van der Waals surface area contributed by atoms with E-state index in [0.29, 0.717) is 0 Å². The van der Waals surface area contributed by atoms with Crippen molar-refractivity contribution in [2.24, 2.45) is 0 Å². The number of rotatable bonds is 6. The smallest absolute Gasteiger partial charge is 0.165 e. The van der Waals surface area contributed by atoms with Crippen molar-refractivity contribution in [3.05, 3.63) is 29.6 Å². The molecule has 0 amide bonds. The van der Waals surface area contributed by atoms with Crippen LogP contribution in [0.1, 0.15) is 24.4 Å². The van der Waals surface area contributed by atoms with Crippen LogP contribution in [0.4, 0.5) is 4.39 Å². The van der Waals surface area contributed by atoms with Crippen LogP contribution in [0.2, 0.25) is 0 Å². The van der Waals surface area contributed by atoms with Crippen LogP contribution in [0, 0.1) is 5.82 Å². The molecule has 2 rings (SSSR count). The Morgan fingerprint density at radius 2 is 2.10 bits per heavy atom. The van der Waals surface area contributed by atoms with Gasteiger partial charge in [-0.05, 0) is 30.5 Å². The third kappa shape index (κ3) is 4.81. The van der Waals surface area contributed by atoms with Gasteiger partial charge in [0, 0.05) is 38.8 Å². The molecule has 120 valence electrons. The highest BCUT2D eigenvalue weighted by Crippen LogP contribution is 2.29. The van der Waals surface area contributed by atoms with Crippen molar-refractivity contribution in [3.63, 3.8) is 0 Å². The maximum absolute atomic E-state index is 13.5. The van der Waals surface area contributed by atoms with Crippen molar-refractivity contribution in [3.8, 4) is 5.75 Å². The van der Waals surface area contributed by atoms with Gasteiger partial charge in [-0.1, -0.05) is 6.07 Å². The molecule has 0 bridgehead atoms. The maximum atomic E-state index is 13.5. The van der Waals surface area contributed by atoms with Crippen molar-refractivity contribution in [1.29, 1.82) is 0 Å². The molecule has 4 nitrogen and oxygen atoms in total. The molecule has 21 heavy (non-hydrogen) atoms. The Labute approximate surface area is 131 Å². The first-order chi connectivity index (χ1) is 9.76. The van der Waals surface area contributed by atoms with E-state index in [0.717, 1.165) is 44.6 Å². The quantitative estimate of drug-likeness (QED) is 0.842. The van der Waals surface area contributed by atoms with E-state index in [1.54, 1.807) is 6.07 Å². The molecule has 1 aliphatic heterocycles. The van der Waals surface area contributed by atoms with Crippen molar-refractivity contribution < 1.29 is 14.2 Å². The summed E-state index contributed by atoms with van der Waals surface area (Å²) in [5.41, 5.74) is 1.05. The average Bonchev–Trinajstić information content (AvgIpc) is 2.50. The number of aliphatic hydroxyl groups excluding tert-OH is 1. The predicted octanol–water partition coefficient (Wildman–Crippen LogP) is 1.97. The molecule has 1 atom stereocenters. The molecule has 1 aromatic rings. The van der Waals surface area contributed by atoms with E-state index < -0.39 is 0 Å². The summed E-state index contributed by atoms with van der Waals surface area (Å²) in [6, 6.07) is 5.27. The number of benzene rings is 1. The van der Waals surface area contributed by atoms with E-state index in [9.17, 15) is 4.39 Å². The summed E-state index contributed by atoms with van der Waals surface area (Å²) in [5, 5.41) is 12.4. The van der Waals surface area contributed by atoms with Gasteiger partial charge in [-0.15, -0.1) is 12.4 Å². The molecule has 1 aromatic carbocycles. The molecule has 2 N–H and O–H groups in total. The monoisotopic (exact) mass is 318 g/mol. The summed E-state index contributed by atoms with van der Waals surface area (Å²) in [6.07, 6.45) is 1.61. The number of piperazine rings is 1. The Hall–Kier alpha value is -0.880. The second kappa shape index (κ2) is 9.20. The number of methoxy groups -OCH3 is 1. The van der Waals surface area contributed by atoms with E-state index in [1.165, 1.54) is 13.2 Å². The fraction of sp³-hybridized carbons (Fsp3) is 0.600. The molecule has 0 unspecified atom stereocenters. The summed E-state index contributed by atoms with van der Waals surface area (Å²) in [7, 11) is 1.48. The van der Waals surface area contributed by atoms with Crippen LogP contribution in [0.15, 0.2) is 18.2 Å². The number of hydrogen-bond acceptors (Lipinski definition) is 4. The van der Waals surface area contributed by atoms with Gasteiger partial charge in [-0.2, -0.15) is 0 Å². The van der Waals surface area contributed by atoms with Gasteiger partial charge < -0.3 is 15.2 Å². The minimum Gasteiger partial charge on any atom is -0.494 e. The lowest BCUT2D eigenvalue weighted by molar-refractivity contribution is 0.154. The molecule has 0 radical (unpaired) electrons. The number of nitrogens with one attached hydrogen (secondary N) is 1. The van der Waals surface area contributed by atoms with Crippen molar-refractivity contribution in [2.45, 2.75) is 18.9 Å². The van der Waals surface area contributed by atoms with E-state index >= 15 is 0 Å². The van der Waals surface area contributed by atoms with Crippen LogP contribution in [-0.2, 0) is 0 Å². The average molecular weight is 319 g/mol. The zero-order chi connectivity index (χ0) is 14.4. The standard InChI is InChI=1S/C15H23FN2O2.ClH/c1-20-15-11-12(4-5-13(15)16)14(3-2-10-19)18-8-6-17-7-9-18;/h4-5,11,14,17,19H,2-3,6-10H2,1H3;1H/t14-;/m0./s1. The fourth-order valence-corrected chi connectivity index (χ4v) is 2.72. The molecule has 1 heterocycles. The molecule has 0 aliphatic carbocycles. The number of ether oxygens (including phenoxy) is 1. The minimum absolute atomic E-state index is 0. The molecular weight excluding hydrogens is 295 g/mol. The van der Waals surface area contributed by atoms with E-state index in [-0.39, 0.29) is 36.6 Å². The van der Waals surface area contributed by atoms with Gasteiger partial charge in [-0.25, -0.2) is 4.39 Å². The van der Waals surface area contributed by atoms with Crippen LogP contribution in [0.5, 0.6) is 5.75 Å². The van der Waals surface area contributed by atoms with E-state index in [4.69, 9.17) is 9.84 Å². The summed E-state index contributed by atoms with van der Waals surface area (Å²) >= 11 is 0. The SMILES string of the molecule is COc1cc([C@H](CCCO)N2CCNCC2)ccc1F.Cl. The van der Waals surface area contributed by atoms with Gasteiger partial charge in [0.2, 0.25) is 0 Å². The first kappa shape index (κ1) is 18.2. The third-order valence-electron chi connectivity index (χ3n) is 3.79. The summed E-state index contributed by atoms with van der Waals surface area (Å²) in [5.74, 6) is -0.0518. The fourth-order valence-electron chi connectivity index (χ4n) is 2.72. The first-order valence-electron chi connectivity index (χ1n) is 7.15. The highest BCUT2D eigenvalue weighted by Gasteiger charge is 2.22. The Balaban J connectivity index is 0.00000220. The van der Waals surface area contributed by atoms with Crippen molar-refractivity contribution >= 4 is 12.4 Å². The second-order valence-electron chi connectivity index (χ2n) is 5.06. The Kier molecular flexibility index (Phi) is 7.96. The zero-order valence-corrected chi connectivity index (χ0v) is 13.2. The maximum Gasteiger partial charge on any atom is 0.165 e. The van der Waals surface area contributed by atoms with Crippen LogP contribution >= 0.6 is 12.4 Å². The Morgan fingerprint density at radius 3 is 2.71 bits per heavy atom. The van der Waals surface area contributed by atoms with Gasteiger partial charge >= 0.3 is 0 Å². The van der Waals surface area contributed by atoms with E-state index in [1.807, 2.05) is 6.07 Å². The normalized spacial score (nSPS) is 17.1. The lowest BCUT2D eigenvalue weighted by atomic mass is 9.99. The summed E-state index contributed by atoms with van der Waals surface area (Å²) in [6.45, 7) is 4.05. The molecule has 1 aliphatic rings. The van der Waals surface area contributed by atoms with Gasteiger partial charge in [0.25, 0.3) is 0 Å². The van der Waals surface area contributed by atoms with Crippen molar-refractivity contribution in [1.82, 2.24) is 10.2 Å². The largest absolute Gasteiger partial charge is 0.494 e. The van der Waals surface area contributed by atoms with E-state index in [2.05, 4.69) is 10.2 Å². The van der Waals surface area contributed by atoms with Crippen LogP contribution < -0.4 is 10.1 Å². The lowest BCUT2D eigenvalue weighted by Gasteiger charge is -2.35. The minimum atomic E-state index is -0.336. The van der Waals surface area contributed by atoms with Gasteiger partial charge in [0.1, 0.15) is 0 Å². The van der Waals surface area contributed by atoms with Crippen LogP contribution in [-0.4, -0.2) is 49.9 Å². The third-order valence-corrected chi connectivity index (χ3v) is 3.79.